The van der Waals surface area contributed by atoms with E-state index in [9.17, 15) is 0 Å². The average molecular weight is 371 g/mol. The minimum atomic E-state index is 0.280. The molecule has 2 aromatic rings. The van der Waals surface area contributed by atoms with E-state index in [0.29, 0.717) is 0 Å². The molecule has 0 aliphatic carbocycles. The predicted molar refractivity (Wildman–Crippen MR) is 106 cm³/mol. The highest BCUT2D eigenvalue weighted by atomic mass is 32.2. The van der Waals surface area contributed by atoms with Crippen LogP contribution in [0.25, 0.3) is 12.2 Å². The lowest BCUT2D eigenvalue weighted by Gasteiger charge is -1.94. The molecule has 2 aromatic heterocycles. The summed E-state index contributed by atoms with van der Waals surface area (Å²) in [5, 5.41) is 8.81. The summed E-state index contributed by atoms with van der Waals surface area (Å²) in [7, 11) is 0. The van der Waals surface area contributed by atoms with E-state index in [0.717, 1.165) is 12.2 Å². The number of aliphatic hydroxyl groups is 1. The van der Waals surface area contributed by atoms with Gasteiger partial charge in [-0.3, -0.25) is 0 Å². The number of aliphatic hydroxyl groups excluding tert-OH is 1. The minimum Gasteiger partial charge on any atom is -0.396 e. The summed E-state index contributed by atoms with van der Waals surface area (Å²) >= 11 is 7.49. The number of thiophene rings is 2. The summed E-state index contributed by atoms with van der Waals surface area (Å²) < 4.78 is 2.75. The molecule has 0 unspecified atom stereocenters. The first-order chi connectivity index (χ1) is 10.8. The average Bonchev–Trinajstić information content (AvgIpc) is 3.15. The van der Waals surface area contributed by atoms with Crippen LogP contribution in [-0.2, 0) is 0 Å². The Bertz CT molecular complexity index is 520. The van der Waals surface area contributed by atoms with Crippen LogP contribution in [0.1, 0.15) is 35.9 Å². The molecule has 2 heterocycles. The highest BCUT2D eigenvalue weighted by Gasteiger charge is 2.00. The van der Waals surface area contributed by atoms with Crippen molar-refractivity contribution in [3.8, 4) is 0 Å². The Kier molecular flexibility index (Phi) is 8.70. The van der Waals surface area contributed by atoms with Crippen LogP contribution in [0.4, 0.5) is 0 Å². The van der Waals surface area contributed by atoms with E-state index in [4.69, 9.17) is 5.11 Å². The summed E-state index contributed by atoms with van der Waals surface area (Å²) in [6, 6.07) is 8.79. The van der Waals surface area contributed by atoms with Crippen molar-refractivity contribution in [1.82, 2.24) is 0 Å². The number of rotatable bonds is 10. The zero-order valence-electron chi connectivity index (χ0n) is 12.8. The molecule has 120 valence electrons. The van der Waals surface area contributed by atoms with E-state index in [2.05, 4.69) is 43.3 Å². The second-order valence-corrected chi connectivity index (χ2v) is 9.80. The highest BCUT2D eigenvalue weighted by Crippen LogP contribution is 2.31. The Hall–Kier alpha value is -0.200. The third-order valence-corrected chi connectivity index (χ3v) is 7.63. The molecular formula is C17H22OS4. The van der Waals surface area contributed by atoms with E-state index < -0.39 is 0 Å². The third-order valence-electron chi connectivity index (χ3n) is 2.91. The van der Waals surface area contributed by atoms with Crippen LogP contribution in [0.5, 0.6) is 0 Å². The first-order valence-electron chi connectivity index (χ1n) is 7.56. The summed E-state index contributed by atoms with van der Waals surface area (Å²) in [5.41, 5.74) is 0. The van der Waals surface area contributed by atoms with Gasteiger partial charge in [0.15, 0.2) is 0 Å². The largest absolute Gasteiger partial charge is 0.396 e. The molecule has 0 aliphatic rings. The van der Waals surface area contributed by atoms with Crippen molar-refractivity contribution in [2.24, 2.45) is 0 Å². The predicted octanol–water partition coefficient (Wildman–Crippen LogP) is 6.35. The highest BCUT2D eigenvalue weighted by molar-refractivity contribution is 8.01. The first kappa shape index (κ1) is 18.1. The van der Waals surface area contributed by atoms with Gasteiger partial charge in [0.1, 0.15) is 0 Å². The van der Waals surface area contributed by atoms with E-state index in [1.54, 1.807) is 0 Å². The number of hydrogen-bond donors (Lipinski definition) is 1. The molecule has 0 amide bonds. The van der Waals surface area contributed by atoms with Gasteiger partial charge in [-0.05, 0) is 55.0 Å². The molecule has 0 bridgehead atoms. The van der Waals surface area contributed by atoms with Crippen LogP contribution in [-0.4, -0.2) is 23.2 Å². The molecule has 0 fully saturated rings. The monoisotopic (exact) mass is 370 g/mol. The van der Waals surface area contributed by atoms with Crippen molar-refractivity contribution in [2.45, 2.75) is 34.6 Å². The van der Waals surface area contributed by atoms with Gasteiger partial charge in [-0.2, -0.15) is 0 Å². The molecule has 0 radical (unpaired) electrons. The van der Waals surface area contributed by atoms with Crippen LogP contribution in [0, 0.1) is 0 Å². The van der Waals surface area contributed by atoms with E-state index in [1.165, 1.54) is 36.8 Å². The van der Waals surface area contributed by atoms with Crippen LogP contribution < -0.4 is 0 Å². The lowest BCUT2D eigenvalue weighted by atomic mass is 10.4. The quantitative estimate of drug-likeness (QED) is 0.389. The summed E-state index contributed by atoms with van der Waals surface area (Å²) in [6.45, 7) is 2.52. The molecule has 1 nitrogen and oxygen atoms in total. The standard InChI is InChI=1S/C17H22OS4/c1-2-3-12-19-16-9-7-14(21-16)5-6-15-8-10-17(22-15)20-13-4-11-18/h5-10,18H,2-4,11-13H2,1H3. The van der Waals surface area contributed by atoms with Crippen molar-refractivity contribution >= 4 is 58.3 Å². The second-order valence-electron chi connectivity index (χ2n) is 4.77. The van der Waals surface area contributed by atoms with Crippen molar-refractivity contribution < 1.29 is 5.11 Å². The molecule has 0 spiro atoms. The van der Waals surface area contributed by atoms with Crippen molar-refractivity contribution in [3.05, 3.63) is 34.0 Å². The molecule has 0 aromatic carbocycles. The maximum Gasteiger partial charge on any atom is 0.0604 e. The van der Waals surface area contributed by atoms with Gasteiger partial charge in [-0.1, -0.05) is 13.3 Å². The fourth-order valence-electron chi connectivity index (χ4n) is 1.72. The fourth-order valence-corrected chi connectivity index (χ4v) is 5.99. The maximum absolute atomic E-state index is 8.81. The zero-order valence-corrected chi connectivity index (χ0v) is 16.1. The first-order valence-corrected chi connectivity index (χ1v) is 11.2. The van der Waals surface area contributed by atoms with Crippen LogP contribution >= 0.6 is 46.2 Å². The van der Waals surface area contributed by atoms with Crippen molar-refractivity contribution in [3.63, 3.8) is 0 Å². The summed E-state index contributed by atoms with van der Waals surface area (Å²) in [6.07, 6.45) is 7.83. The van der Waals surface area contributed by atoms with Gasteiger partial charge in [0.2, 0.25) is 0 Å². The zero-order chi connectivity index (χ0) is 15.6. The van der Waals surface area contributed by atoms with E-state index in [-0.39, 0.29) is 6.61 Å². The number of hydrogen-bond acceptors (Lipinski definition) is 5. The van der Waals surface area contributed by atoms with E-state index in [1.807, 2.05) is 46.2 Å². The normalized spacial score (nSPS) is 11.5. The smallest absolute Gasteiger partial charge is 0.0604 e. The molecule has 5 heteroatoms. The Balaban J connectivity index is 1.83. The van der Waals surface area contributed by atoms with Gasteiger partial charge in [-0.25, -0.2) is 0 Å². The number of thioether (sulfide) groups is 2. The van der Waals surface area contributed by atoms with Gasteiger partial charge in [0, 0.05) is 22.1 Å². The Morgan fingerprint density at radius 1 is 0.909 bits per heavy atom. The lowest BCUT2D eigenvalue weighted by Crippen LogP contribution is -1.83. The molecule has 0 saturated heterocycles. The second kappa shape index (κ2) is 10.6. The Labute approximate surface area is 149 Å². The topological polar surface area (TPSA) is 20.2 Å². The number of unbranched alkanes of at least 4 members (excludes halogenated alkanes) is 1. The van der Waals surface area contributed by atoms with Gasteiger partial charge < -0.3 is 5.11 Å². The molecule has 0 saturated carbocycles. The van der Waals surface area contributed by atoms with Crippen molar-refractivity contribution in [1.29, 1.82) is 0 Å². The van der Waals surface area contributed by atoms with Gasteiger partial charge in [0.25, 0.3) is 0 Å². The minimum absolute atomic E-state index is 0.280. The third kappa shape index (κ3) is 6.50. The summed E-state index contributed by atoms with van der Waals surface area (Å²) in [4.78, 5) is 2.61. The van der Waals surface area contributed by atoms with Crippen LogP contribution in [0.15, 0.2) is 32.7 Å². The Morgan fingerprint density at radius 3 is 1.95 bits per heavy atom. The molecule has 2 rings (SSSR count). The molecule has 22 heavy (non-hydrogen) atoms. The van der Waals surface area contributed by atoms with Crippen LogP contribution in [0.3, 0.4) is 0 Å². The van der Waals surface area contributed by atoms with Crippen molar-refractivity contribution in [2.75, 3.05) is 18.1 Å². The van der Waals surface area contributed by atoms with E-state index >= 15 is 0 Å². The molecular weight excluding hydrogens is 348 g/mol. The van der Waals surface area contributed by atoms with Gasteiger partial charge in [0.05, 0.1) is 8.42 Å². The molecule has 0 aliphatic heterocycles. The lowest BCUT2D eigenvalue weighted by molar-refractivity contribution is 0.296. The van der Waals surface area contributed by atoms with Crippen LogP contribution in [0.2, 0.25) is 0 Å². The molecule has 1 N–H and O–H groups in total. The molecule has 0 atom stereocenters. The fraction of sp³-hybridized carbons (Fsp3) is 0.412. The maximum atomic E-state index is 8.81. The summed E-state index contributed by atoms with van der Waals surface area (Å²) in [5.74, 6) is 2.21. The Morgan fingerprint density at radius 2 is 1.45 bits per heavy atom. The van der Waals surface area contributed by atoms with Gasteiger partial charge >= 0.3 is 0 Å². The van der Waals surface area contributed by atoms with Gasteiger partial charge in [-0.15, -0.1) is 46.2 Å². The SMILES string of the molecule is CCCCSc1ccc(C=Cc2ccc(SCCCO)s2)s1.